The standard InChI is InChI=1S/C23H30O6/c1-24-11-12-25-18-29-23-17-27-15-21-10-6-5-9-20(21)14-26-16-22(23)28-13-19-7-3-2-4-8-19/h2-10,22-23H,11-18H2,1H3/t22-,23+/m1/s1. The zero-order valence-electron chi connectivity index (χ0n) is 17.0. The van der Waals surface area contributed by atoms with E-state index < -0.39 is 0 Å². The van der Waals surface area contributed by atoms with E-state index in [-0.39, 0.29) is 19.0 Å². The molecule has 29 heavy (non-hydrogen) atoms. The molecule has 0 spiro atoms. The van der Waals surface area contributed by atoms with Crippen molar-refractivity contribution in [3.63, 3.8) is 0 Å². The predicted octanol–water partition coefficient (Wildman–Crippen LogP) is 3.32. The highest BCUT2D eigenvalue weighted by Crippen LogP contribution is 2.17. The van der Waals surface area contributed by atoms with E-state index in [0.29, 0.717) is 46.2 Å². The summed E-state index contributed by atoms with van der Waals surface area (Å²) in [6.07, 6.45) is -0.571. The molecule has 1 aliphatic heterocycles. The maximum atomic E-state index is 6.17. The van der Waals surface area contributed by atoms with Gasteiger partial charge in [-0.15, -0.1) is 0 Å². The molecule has 0 N–H and O–H groups in total. The van der Waals surface area contributed by atoms with Crippen LogP contribution >= 0.6 is 0 Å². The van der Waals surface area contributed by atoms with Gasteiger partial charge in [-0.05, 0) is 16.7 Å². The van der Waals surface area contributed by atoms with Gasteiger partial charge in [0.1, 0.15) is 19.0 Å². The number of benzene rings is 2. The Balaban J connectivity index is 1.62. The van der Waals surface area contributed by atoms with E-state index in [0.717, 1.165) is 16.7 Å². The first-order valence-electron chi connectivity index (χ1n) is 9.93. The molecule has 0 bridgehead atoms. The van der Waals surface area contributed by atoms with Crippen molar-refractivity contribution in [1.29, 1.82) is 0 Å². The molecule has 6 heteroatoms. The molecule has 6 nitrogen and oxygen atoms in total. The molecule has 0 fully saturated rings. The van der Waals surface area contributed by atoms with E-state index in [1.54, 1.807) is 7.11 Å². The van der Waals surface area contributed by atoms with Gasteiger partial charge in [0, 0.05) is 7.11 Å². The van der Waals surface area contributed by atoms with Crippen molar-refractivity contribution in [3.05, 3.63) is 71.3 Å². The van der Waals surface area contributed by atoms with Crippen LogP contribution in [0.2, 0.25) is 0 Å². The second-order valence-electron chi connectivity index (χ2n) is 6.86. The van der Waals surface area contributed by atoms with Crippen LogP contribution in [0.3, 0.4) is 0 Å². The van der Waals surface area contributed by atoms with Gasteiger partial charge in [0.2, 0.25) is 0 Å². The lowest BCUT2D eigenvalue weighted by Gasteiger charge is -2.28. The summed E-state index contributed by atoms with van der Waals surface area (Å²) in [6.45, 7) is 3.46. The lowest BCUT2D eigenvalue weighted by molar-refractivity contribution is -0.177. The van der Waals surface area contributed by atoms with Gasteiger partial charge in [0.15, 0.2) is 0 Å². The number of hydrogen-bond donors (Lipinski definition) is 0. The van der Waals surface area contributed by atoms with E-state index in [2.05, 4.69) is 12.1 Å². The fraction of sp³-hybridized carbons (Fsp3) is 0.478. The zero-order valence-corrected chi connectivity index (χ0v) is 17.0. The van der Waals surface area contributed by atoms with E-state index in [1.807, 2.05) is 42.5 Å². The quantitative estimate of drug-likeness (QED) is 0.474. The van der Waals surface area contributed by atoms with Crippen LogP contribution in [0.25, 0.3) is 0 Å². The van der Waals surface area contributed by atoms with Crippen LogP contribution in [0, 0.1) is 0 Å². The van der Waals surface area contributed by atoms with Gasteiger partial charge < -0.3 is 28.4 Å². The minimum Gasteiger partial charge on any atom is -0.382 e. The van der Waals surface area contributed by atoms with E-state index >= 15 is 0 Å². The third-order valence-electron chi connectivity index (χ3n) is 4.72. The van der Waals surface area contributed by atoms with Crippen molar-refractivity contribution in [2.24, 2.45) is 0 Å². The summed E-state index contributed by atoms with van der Waals surface area (Å²) in [5.41, 5.74) is 3.37. The normalized spacial score (nSPS) is 20.2. The molecule has 0 aliphatic carbocycles. The minimum absolute atomic E-state index is 0.152. The molecule has 0 amide bonds. The Labute approximate surface area is 172 Å². The summed E-state index contributed by atoms with van der Waals surface area (Å²) in [5, 5.41) is 0. The number of methoxy groups -OCH3 is 1. The average Bonchev–Trinajstić information content (AvgIpc) is 2.76. The number of hydrogen-bond acceptors (Lipinski definition) is 6. The summed E-state index contributed by atoms with van der Waals surface area (Å²) in [5.74, 6) is 0. The Morgan fingerprint density at radius 2 is 1.41 bits per heavy atom. The van der Waals surface area contributed by atoms with Gasteiger partial charge in [-0.3, -0.25) is 0 Å². The Hall–Kier alpha value is -1.80. The van der Waals surface area contributed by atoms with Crippen LogP contribution < -0.4 is 0 Å². The molecule has 0 unspecified atom stereocenters. The van der Waals surface area contributed by atoms with Gasteiger partial charge in [-0.1, -0.05) is 54.6 Å². The number of ether oxygens (including phenoxy) is 6. The van der Waals surface area contributed by atoms with Crippen LogP contribution in [0.5, 0.6) is 0 Å². The monoisotopic (exact) mass is 402 g/mol. The van der Waals surface area contributed by atoms with E-state index in [4.69, 9.17) is 28.4 Å². The second kappa shape index (κ2) is 12.7. The zero-order chi connectivity index (χ0) is 20.2. The molecule has 1 aliphatic rings. The number of rotatable bonds is 9. The molecule has 0 aromatic heterocycles. The van der Waals surface area contributed by atoms with Crippen molar-refractivity contribution in [3.8, 4) is 0 Å². The Bertz CT molecular complexity index is 693. The van der Waals surface area contributed by atoms with Crippen molar-refractivity contribution in [1.82, 2.24) is 0 Å². The molecule has 3 rings (SSSR count). The molecular weight excluding hydrogens is 372 g/mol. The molecule has 158 valence electrons. The minimum atomic E-state index is -0.300. The summed E-state index contributed by atoms with van der Waals surface area (Å²) < 4.78 is 34.5. The highest BCUT2D eigenvalue weighted by molar-refractivity contribution is 5.25. The Kier molecular flexibility index (Phi) is 9.59. The largest absolute Gasteiger partial charge is 0.382 e. The van der Waals surface area contributed by atoms with Crippen LogP contribution in [0.15, 0.2) is 54.6 Å². The third kappa shape index (κ3) is 7.51. The molecule has 0 radical (unpaired) electrons. The first kappa shape index (κ1) is 21.9. The highest BCUT2D eigenvalue weighted by atomic mass is 16.7. The smallest absolute Gasteiger partial charge is 0.147 e. The predicted molar refractivity (Wildman–Crippen MR) is 108 cm³/mol. The van der Waals surface area contributed by atoms with Crippen molar-refractivity contribution in [2.75, 3.05) is 40.3 Å². The summed E-state index contributed by atoms with van der Waals surface area (Å²) >= 11 is 0. The molecule has 1 heterocycles. The van der Waals surface area contributed by atoms with Gasteiger partial charge in [-0.25, -0.2) is 0 Å². The summed E-state index contributed by atoms with van der Waals surface area (Å²) in [7, 11) is 1.64. The van der Waals surface area contributed by atoms with Crippen LogP contribution in [-0.4, -0.2) is 52.5 Å². The lowest BCUT2D eigenvalue weighted by Crippen LogP contribution is -2.40. The summed E-state index contributed by atoms with van der Waals surface area (Å²) in [6, 6.07) is 18.2. The topological polar surface area (TPSA) is 55.4 Å². The fourth-order valence-electron chi connectivity index (χ4n) is 3.05. The molecule has 0 saturated heterocycles. The van der Waals surface area contributed by atoms with Crippen LogP contribution in [0.1, 0.15) is 16.7 Å². The van der Waals surface area contributed by atoms with Crippen molar-refractivity contribution < 1.29 is 28.4 Å². The molecule has 2 aromatic carbocycles. The fourth-order valence-corrected chi connectivity index (χ4v) is 3.05. The van der Waals surface area contributed by atoms with Gasteiger partial charge in [0.05, 0.1) is 46.2 Å². The van der Waals surface area contributed by atoms with Gasteiger partial charge >= 0.3 is 0 Å². The van der Waals surface area contributed by atoms with Crippen LogP contribution in [0.4, 0.5) is 0 Å². The Morgan fingerprint density at radius 1 is 0.793 bits per heavy atom. The molecule has 2 atom stereocenters. The van der Waals surface area contributed by atoms with Gasteiger partial charge in [0.25, 0.3) is 0 Å². The van der Waals surface area contributed by atoms with Crippen molar-refractivity contribution in [2.45, 2.75) is 32.0 Å². The average molecular weight is 402 g/mol. The second-order valence-corrected chi connectivity index (χ2v) is 6.86. The lowest BCUT2D eigenvalue weighted by atomic mass is 10.1. The van der Waals surface area contributed by atoms with Gasteiger partial charge in [-0.2, -0.15) is 0 Å². The van der Waals surface area contributed by atoms with E-state index in [1.165, 1.54) is 0 Å². The first-order valence-corrected chi connectivity index (χ1v) is 9.93. The van der Waals surface area contributed by atoms with Crippen LogP contribution in [-0.2, 0) is 48.2 Å². The molecule has 0 saturated carbocycles. The third-order valence-corrected chi connectivity index (χ3v) is 4.72. The molecular formula is C23H30O6. The SMILES string of the molecule is COCCOCO[C@H]1COCc2ccccc2COC[C@H]1OCc1ccccc1. The maximum Gasteiger partial charge on any atom is 0.147 e. The molecule has 2 aromatic rings. The first-order chi connectivity index (χ1) is 14.4. The highest BCUT2D eigenvalue weighted by Gasteiger charge is 2.25. The van der Waals surface area contributed by atoms with E-state index in [9.17, 15) is 0 Å². The Morgan fingerprint density at radius 3 is 2.07 bits per heavy atom. The maximum absolute atomic E-state index is 6.17. The summed E-state index contributed by atoms with van der Waals surface area (Å²) in [4.78, 5) is 0. The number of fused-ring (bicyclic) bond motifs is 1. The van der Waals surface area contributed by atoms with Crippen molar-refractivity contribution >= 4 is 0 Å².